The van der Waals surface area contributed by atoms with E-state index in [1.807, 2.05) is 0 Å². The topological polar surface area (TPSA) is 15.3 Å². The molecule has 0 spiro atoms. The summed E-state index contributed by atoms with van der Waals surface area (Å²) in [5, 5.41) is 5.01. The molecule has 1 saturated heterocycles. The van der Waals surface area contributed by atoms with E-state index >= 15 is 0 Å². The average Bonchev–Trinajstić information content (AvgIpc) is 2.37. The molecule has 1 aliphatic rings. The fraction of sp³-hybridized carbons (Fsp3) is 0.647. The minimum absolute atomic E-state index is 0.702. The molecule has 1 aliphatic heterocycles. The van der Waals surface area contributed by atoms with Crippen molar-refractivity contribution in [2.45, 2.75) is 44.7 Å². The van der Waals surface area contributed by atoms with Crippen molar-refractivity contribution in [1.29, 1.82) is 0 Å². The van der Waals surface area contributed by atoms with Gasteiger partial charge in [-0.3, -0.25) is 0 Å². The van der Waals surface area contributed by atoms with E-state index in [-0.39, 0.29) is 0 Å². The van der Waals surface area contributed by atoms with Crippen molar-refractivity contribution in [3.63, 3.8) is 0 Å². The number of nitrogens with one attached hydrogen (secondary N) is 1. The first-order valence-electron chi connectivity index (χ1n) is 7.75. The highest BCUT2D eigenvalue weighted by Gasteiger charge is 2.23. The highest BCUT2D eigenvalue weighted by atomic mass is 32.2. The van der Waals surface area contributed by atoms with Gasteiger partial charge >= 0.3 is 0 Å². The minimum Gasteiger partial charge on any atom is -0.369 e. The molecule has 0 saturated carbocycles. The molecule has 112 valence electrons. The van der Waals surface area contributed by atoms with Crippen molar-refractivity contribution >= 4 is 17.4 Å². The summed E-state index contributed by atoms with van der Waals surface area (Å²) in [6.45, 7) is 13.6. The van der Waals surface area contributed by atoms with Gasteiger partial charge in [-0.2, -0.15) is 11.8 Å². The van der Waals surface area contributed by atoms with Crippen LogP contribution in [0.2, 0.25) is 0 Å². The number of thioether (sulfide) groups is 1. The Morgan fingerprint density at radius 2 is 1.85 bits per heavy atom. The first-order valence-corrected chi connectivity index (χ1v) is 8.69. The number of anilines is 1. The third kappa shape index (κ3) is 4.42. The molecule has 3 heteroatoms. The summed E-state index contributed by atoms with van der Waals surface area (Å²) in [6, 6.07) is 8.86. The van der Waals surface area contributed by atoms with Gasteiger partial charge in [0, 0.05) is 35.8 Å². The largest absolute Gasteiger partial charge is 0.369 e. The van der Waals surface area contributed by atoms with Gasteiger partial charge in [-0.25, -0.2) is 0 Å². The van der Waals surface area contributed by atoms with Gasteiger partial charge in [0.15, 0.2) is 0 Å². The van der Waals surface area contributed by atoms with Crippen molar-refractivity contribution in [2.75, 3.05) is 24.5 Å². The number of para-hydroxylation sites is 1. The van der Waals surface area contributed by atoms with E-state index < -0.39 is 0 Å². The van der Waals surface area contributed by atoms with Gasteiger partial charge in [0.25, 0.3) is 0 Å². The second kappa shape index (κ2) is 7.37. The predicted molar refractivity (Wildman–Crippen MR) is 91.7 cm³/mol. The fourth-order valence-electron chi connectivity index (χ4n) is 2.84. The Labute approximate surface area is 128 Å². The van der Waals surface area contributed by atoms with E-state index in [0.29, 0.717) is 5.92 Å². The zero-order valence-corrected chi connectivity index (χ0v) is 14.0. The summed E-state index contributed by atoms with van der Waals surface area (Å²) in [5.41, 5.74) is 2.85. The number of benzene rings is 1. The van der Waals surface area contributed by atoms with E-state index in [2.05, 4.69) is 73.9 Å². The SMILES string of the molecule is CC(C)CNCc1ccccc1N1CC(C)SC(C)C1. The van der Waals surface area contributed by atoms with Crippen LogP contribution in [-0.2, 0) is 6.54 Å². The smallest absolute Gasteiger partial charge is 0.0412 e. The summed E-state index contributed by atoms with van der Waals surface area (Å²) >= 11 is 2.11. The lowest BCUT2D eigenvalue weighted by molar-refractivity contribution is 0.551. The Balaban J connectivity index is 2.06. The van der Waals surface area contributed by atoms with Gasteiger partial charge in [0.05, 0.1) is 0 Å². The van der Waals surface area contributed by atoms with Crippen molar-refractivity contribution in [1.82, 2.24) is 5.32 Å². The number of hydrogen-bond acceptors (Lipinski definition) is 3. The van der Waals surface area contributed by atoms with Gasteiger partial charge < -0.3 is 10.2 Å². The van der Waals surface area contributed by atoms with Crippen LogP contribution in [0.15, 0.2) is 24.3 Å². The van der Waals surface area contributed by atoms with Gasteiger partial charge in [0.1, 0.15) is 0 Å². The van der Waals surface area contributed by atoms with E-state index in [1.165, 1.54) is 11.3 Å². The highest BCUT2D eigenvalue weighted by Crippen LogP contribution is 2.30. The molecular formula is C17H28N2S. The summed E-state index contributed by atoms with van der Waals surface area (Å²) in [7, 11) is 0. The zero-order valence-electron chi connectivity index (χ0n) is 13.2. The van der Waals surface area contributed by atoms with Crippen LogP contribution in [0.3, 0.4) is 0 Å². The molecule has 20 heavy (non-hydrogen) atoms. The molecule has 0 aliphatic carbocycles. The third-order valence-electron chi connectivity index (χ3n) is 3.62. The molecular weight excluding hydrogens is 264 g/mol. The molecule has 2 rings (SSSR count). The Morgan fingerprint density at radius 3 is 2.50 bits per heavy atom. The van der Waals surface area contributed by atoms with Crippen LogP contribution in [0.4, 0.5) is 5.69 Å². The fourth-order valence-corrected chi connectivity index (χ4v) is 4.16. The van der Waals surface area contributed by atoms with Crippen molar-refractivity contribution in [3.8, 4) is 0 Å². The second-order valence-electron chi connectivity index (χ2n) is 6.32. The summed E-state index contributed by atoms with van der Waals surface area (Å²) in [5.74, 6) is 0.702. The van der Waals surface area contributed by atoms with Crippen LogP contribution in [0.1, 0.15) is 33.3 Å². The van der Waals surface area contributed by atoms with Gasteiger partial charge in [-0.15, -0.1) is 0 Å². The lowest BCUT2D eigenvalue weighted by Crippen LogP contribution is -2.41. The Hall–Kier alpha value is -0.670. The normalized spacial score (nSPS) is 23.4. The molecule has 1 aromatic rings. The lowest BCUT2D eigenvalue weighted by atomic mass is 10.1. The van der Waals surface area contributed by atoms with E-state index in [0.717, 1.165) is 36.7 Å². The number of rotatable bonds is 5. The van der Waals surface area contributed by atoms with Crippen molar-refractivity contribution in [2.24, 2.45) is 5.92 Å². The first-order chi connectivity index (χ1) is 9.56. The molecule has 1 N–H and O–H groups in total. The van der Waals surface area contributed by atoms with E-state index in [9.17, 15) is 0 Å². The highest BCUT2D eigenvalue weighted by molar-refractivity contribution is 8.00. The van der Waals surface area contributed by atoms with Gasteiger partial charge in [0.2, 0.25) is 0 Å². The third-order valence-corrected chi connectivity index (χ3v) is 4.85. The quantitative estimate of drug-likeness (QED) is 0.889. The van der Waals surface area contributed by atoms with Gasteiger partial charge in [-0.1, -0.05) is 45.9 Å². The molecule has 1 aromatic carbocycles. The van der Waals surface area contributed by atoms with Crippen molar-refractivity contribution < 1.29 is 0 Å². The monoisotopic (exact) mass is 292 g/mol. The molecule has 0 radical (unpaired) electrons. The van der Waals surface area contributed by atoms with Crippen LogP contribution in [0.5, 0.6) is 0 Å². The second-order valence-corrected chi connectivity index (χ2v) is 8.20. The standard InChI is InChI=1S/C17H28N2S/c1-13(2)9-18-10-16-7-5-6-8-17(16)19-11-14(3)20-15(4)12-19/h5-8,13-15,18H,9-12H2,1-4H3. The van der Waals surface area contributed by atoms with E-state index in [1.54, 1.807) is 0 Å². The van der Waals surface area contributed by atoms with Crippen LogP contribution >= 0.6 is 11.8 Å². The Morgan fingerprint density at radius 1 is 1.20 bits per heavy atom. The Kier molecular flexibility index (Phi) is 5.79. The molecule has 1 fully saturated rings. The number of nitrogens with zero attached hydrogens (tertiary/aromatic N) is 1. The molecule has 0 amide bonds. The first kappa shape index (κ1) is 15.7. The maximum Gasteiger partial charge on any atom is 0.0412 e. The summed E-state index contributed by atoms with van der Waals surface area (Å²) < 4.78 is 0. The summed E-state index contributed by atoms with van der Waals surface area (Å²) in [6.07, 6.45) is 0. The predicted octanol–water partition coefficient (Wildman–Crippen LogP) is 3.76. The molecule has 2 unspecified atom stereocenters. The average molecular weight is 292 g/mol. The van der Waals surface area contributed by atoms with Crippen molar-refractivity contribution in [3.05, 3.63) is 29.8 Å². The lowest BCUT2D eigenvalue weighted by Gasteiger charge is -2.37. The molecule has 2 atom stereocenters. The minimum atomic E-state index is 0.702. The van der Waals surface area contributed by atoms with Crippen LogP contribution < -0.4 is 10.2 Å². The number of hydrogen-bond donors (Lipinski definition) is 1. The molecule has 1 heterocycles. The maximum atomic E-state index is 3.57. The van der Waals surface area contributed by atoms with Crippen LogP contribution in [0, 0.1) is 5.92 Å². The van der Waals surface area contributed by atoms with Crippen LogP contribution in [-0.4, -0.2) is 30.1 Å². The molecule has 0 bridgehead atoms. The summed E-state index contributed by atoms with van der Waals surface area (Å²) in [4.78, 5) is 2.57. The van der Waals surface area contributed by atoms with Crippen LogP contribution in [0.25, 0.3) is 0 Å². The van der Waals surface area contributed by atoms with Gasteiger partial charge in [-0.05, 0) is 24.1 Å². The molecule has 2 nitrogen and oxygen atoms in total. The Bertz CT molecular complexity index is 409. The molecule has 0 aromatic heterocycles. The van der Waals surface area contributed by atoms with E-state index in [4.69, 9.17) is 0 Å². The zero-order chi connectivity index (χ0) is 14.5. The maximum absolute atomic E-state index is 3.57.